The van der Waals surface area contributed by atoms with Crippen LogP contribution in [-0.2, 0) is 4.74 Å². The zero-order valence-corrected chi connectivity index (χ0v) is 21.6. The Morgan fingerprint density at radius 2 is 1.94 bits per heavy atom. The van der Waals surface area contributed by atoms with Crippen LogP contribution in [0.3, 0.4) is 0 Å². The van der Waals surface area contributed by atoms with E-state index in [1.807, 2.05) is 46.5 Å². The second-order valence-electron chi connectivity index (χ2n) is 6.62. The summed E-state index contributed by atoms with van der Waals surface area (Å²) in [5.74, 6) is 5.88. The fraction of sp³-hybridized carbons (Fsp3) is 0.318. The lowest BCUT2D eigenvalue weighted by molar-refractivity contribution is 0.0209. The second kappa shape index (κ2) is 12.7. The third-order valence-corrected chi connectivity index (χ3v) is 6.48. The molecule has 1 aromatic carbocycles. The summed E-state index contributed by atoms with van der Waals surface area (Å²) in [7, 11) is 0. The Balaban J connectivity index is 0.00000341. The first-order valence-electron chi connectivity index (χ1n) is 9.35. The average Bonchev–Trinajstić information content (AvgIpc) is 3.38. The maximum absolute atomic E-state index is 12.5. The van der Waals surface area contributed by atoms with E-state index in [0.717, 1.165) is 5.56 Å². The van der Waals surface area contributed by atoms with Crippen molar-refractivity contribution in [2.45, 2.75) is 24.9 Å². The Morgan fingerprint density at radius 1 is 1.19 bits per heavy atom. The molecular weight excluding hydrogens is 543 g/mol. The number of rotatable bonds is 9. The number of Topliss-reactive ketones (excluding diaryl/α,β-unsaturated/α-hetero) is 1. The number of halogens is 4. The molecule has 0 saturated heterocycles. The lowest BCUT2D eigenvalue weighted by atomic mass is 10.1. The summed E-state index contributed by atoms with van der Waals surface area (Å²) in [5, 5.41) is 0.653. The summed E-state index contributed by atoms with van der Waals surface area (Å²) in [6, 6.07) is 10.9. The van der Waals surface area contributed by atoms with Gasteiger partial charge in [-0.3, -0.25) is 4.79 Å². The van der Waals surface area contributed by atoms with Gasteiger partial charge >= 0.3 is 0 Å². The molecule has 3 rings (SSSR count). The SMILES string of the molecule is Br.CC#CCCOC(c1ccc(Cl)cc1)C(Cl)N1C=CN(CC(=O)c2ccc(Cl)s2)C1. The molecule has 166 valence electrons. The van der Waals surface area contributed by atoms with E-state index in [4.69, 9.17) is 39.5 Å². The van der Waals surface area contributed by atoms with Gasteiger partial charge in [-0.15, -0.1) is 40.2 Å². The van der Waals surface area contributed by atoms with E-state index in [0.29, 0.717) is 33.9 Å². The maximum atomic E-state index is 12.5. The Labute approximate surface area is 212 Å². The first kappa shape index (κ1) is 26.1. The highest BCUT2D eigenvalue weighted by molar-refractivity contribution is 8.93. The van der Waals surface area contributed by atoms with Crippen LogP contribution in [0.25, 0.3) is 0 Å². The van der Waals surface area contributed by atoms with E-state index < -0.39 is 5.50 Å². The minimum Gasteiger partial charge on any atom is -0.369 e. The van der Waals surface area contributed by atoms with Gasteiger partial charge in [-0.1, -0.05) is 46.9 Å². The summed E-state index contributed by atoms with van der Waals surface area (Å²) < 4.78 is 6.69. The van der Waals surface area contributed by atoms with Crippen LogP contribution in [-0.4, -0.2) is 40.9 Å². The molecule has 0 fully saturated rings. The number of thiophene rings is 1. The Kier molecular flexibility index (Phi) is 10.7. The van der Waals surface area contributed by atoms with Crippen molar-refractivity contribution in [3.05, 3.63) is 68.6 Å². The minimum absolute atomic E-state index is 0. The van der Waals surface area contributed by atoms with Gasteiger partial charge in [0.15, 0.2) is 5.78 Å². The molecule has 4 nitrogen and oxygen atoms in total. The highest BCUT2D eigenvalue weighted by Gasteiger charge is 2.30. The van der Waals surface area contributed by atoms with Crippen molar-refractivity contribution in [1.82, 2.24) is 9.80 Å². The van der Waals surface area contributed by atoms with E-state index in [-0.39, 0.29) is 35.4 Å². The molecule has 2 atom stereocenters. The standard InChI is InChI=1S/C22H21Cl3N2O2S.BrH/c1-2-3-4-13-29-21(16-5-7-17(23)8-6-16)22(25)27-12-11-26(15-27)14-18(28)19-9-10-20(24)30-19;/h5-12,21-22H,4,13-15H2,1H3;1H. The quantitative estimate of drug-likeness (QED) is 0.113. The van der Waals surface area contributed by atoms with Crippen LogP contribution in [0.4, 0.5) is 0 Å². The summed E-state index contributed by atoms with van der Waals surface area (Å²) >= 11 is 20.1. The van der Waals surface area contributed by atoms with Crippen LogP contribution in [0.1, 0.15) is 34.7 Å². The molecule has 0 amide bonds. The average molecular weight is 565 g/mol. The number of hydrogen-bond donors (Lipinski definition) is 0. The van der Waals surface area contributed by atoms with Crippen molar-refractivity contribution in [2.24, 2.45) is 0 Å². The third-order valence-electron chi connectivity index (χ3n) is 4.48. The second-order valence-corrected chi connectivity index (χ2v) is 9.22. The van der Waals surface area contributed by atoms with Crippen LogP contribution in [0.15, 0.2) is 48.8 Å². The van der Waals surface area contributed by atoms with Crippen LogP contribution >= 0.6 is 63.1 Å². The summed E-state index contributed by atoms with van der Waals surface area (Å²) in [4.78, 5) is 17.0. The van der Waals surface area contributed by atoms with Gasteiger partial charge in [0.25, 0.3) is 0 Å². The molecule has 2 unspecified atom stereocenters. The molecule has 2 aromatic rings. The van der Waals surface area contributed by atoms with Gasteiger partial charge < -0.3 is 14.5 Å². The van der Waals surface area contributed by atoms with E-state index >= 15 is 0 Å². The molecule has 9 heteroatoms. The Bertz CT molecular complexity index is 956. The van der Waals surface area contributed by atoms with E-state index in [9.17, 15) is 4.79 Å². The topological polar surface area (TPSA) is 32.8 Å². The molecule has 1 aliphatic heterocycles. The number of alkyl halides is 1. The molecule has 0 aliphatic carbocycles. The fourth-order valence-corrected chi connectivity index (χ4v) is 4.44. The number of carbonyl (C=O) groups excluding carboxylic acids is 1. The zero-order valence-electron chi connectivity index (χ0n) is 16.8. The molecule has 2 heterocycles. The number of carbonyl (C=O) groups is 1. The van der Waals surface area contributed by atoms with Crippen molar-refractivity contribution in [1.29, 1.82) is 0 Å². The van der Waals surface area contributed by atoms with Crippen molar-refractivity contribution in [3.8, 4) is 11.8 Å². The first-order chi connectivity index (χ1) is 14.5. The van der Waals surface area contributed by atoms with Gasteiger partial charge in [0.2, 0.25) is 0 Å². The molecule has 1 aromatic heterocycles. The number of hydrogen-bond acceptors (Lipinski definition) is 5. The smallest absolute Gasteiger partial charge is 0.192 e. The van der Waals surface area contributed by atoms with Crippen molar-refractivity contribution >= 4 is 68.9 Å². The molecule has 1 aliphatic rings. The lowest BCUT2D eigenvalue weighted by Crippen LogP contribution is -2.37. The summed E-state index contributed by atoms with van der Waals surface area (Å²) in [5.41, 5.74) is 0.466. The van der Waals surface area contributed by atoms with Crippen LogP contribution in [0.2, 0.25) is 9.36 Å². The number of nitrogens with zero attached hydrogens (tertiary/aromatic N) is 2. The highest BCUT2D eigenvalue weighted by Crippen LogP contribution is 2.31. The van der Waals surface area contributed by atoms with Crippen molar-refractivity contribution < 1.29 is 9.53 Å². The Morgan fingerprint density at radius 3 is 2.58 bits per heavy atom. The summed E-state index contributed by atoms with van der Waals surface area (Å²) in [6.45, 7) is 3.01. The Hall–Kier alpha value is -1.20. The molecule has 0 radical (unpaired) electrons. The predicted octanol–water partition coefficient (Wildman–Crippen LogP) is 6.60. The monoisotopic (exact) mass is 562 g/mol. The number of ketones is 1. The number of benzene rings is 1. The fourth-order valence-electron chi connectivity index (χ4n) is 3.00. The van der Waals surface area contributed by atoms with Gasteiger partial charge in [-0.05, 0) is 36.8 Å². The van der Waals surface area contributed by atoms with Crippen molar-refractivity contribution in [3.63, 3.8) is 0 Å². The van der Waals surface area contributed by atoms with E-state index in [1.54, 1.807) is 19.1 Å². The van der Waals surface area contributed by atoms with Gasteiger partial charge in [0.1, 0.15) is 11.6 Å². The zero-order chi connectivity index (χ0) is 21.5. The van der Waals surface area contributed by atoms with Crippen molar-refractivity contribution in [2.75, 3.05) is 19.8 Å². The predicted molar refractivity (Wildman–Crippen MR) is 134 cm³/mol. The van der Waals surface area contributed by atoms with Gasteiger partial charge in [0.05, 0.1) is 29.0 Å². The van der Waals surface area contributed by atoms with Crippen LogP contribution < -0.4 is 0 Å². The molecule has 31 heavy (non-hydrogen) atoms. The number of ether oxygens (including phenoxy) is 1. The molecule has 0 N–H and O–H groups in total. The molecule has 0 bridgehead atoms. The van der Waals surface area contributed by atoms with Gasteiger partial charge in [-0.2, -0.15) is 0 Å². The maximum Gasteiger partial charge on any atom is 0.192 e. The highest BCUT2D eigenvalue weighted by atomic mass is 79.9. The minimum atomic E-state index is -0.465. The van der Waals surface area contributed by atoms with Gasteiger partial charge in [-0.25, -0.2) is 0 Å². The molecule has 0 saturated carbocycles. The van der Waals surface area contributed by atoms with Gasteiger partial charge in [0, 0.05) is 23.8 Å². The van der Waals surface area contributed by atoms with Crippen LogP contribution in [0.5, 0.6) is 0 Å². The normalized spacial score (nSPS) is 14.6. The van der Waals surface area contributed by atoms with E-state index in [1.165, 1.54) is 11.3 Å². The largest absolute Gasteiger partial charge is 0.369 e. The van der Waals surface area contributed by atoms with E-state index in [2.05, 4.69) is 11.8 Å². The molecular formula is C22H22BrCl3N2O2S. The molecule has 0 spiro atoms. The first-order valence-corrected chi connectivity index (χ1v) is 11.4. The third kappa shape index (κ3) is 7.42. The van der Waals surface area contributed by atoms with Crippen LogP contribution in [0, 0.1) is 11.8 Å². The lowest BCUT2D eigenvalue weighted by Gasteiger charge is -2.31. The summed E-state index contributed by atoms with van der Waals surface area (Å²) in [6.07, 6.45) is 4.00.